The first kappa shape index (κ1) is 12.1. The molecule has 1 aromatic rings. The Morgan fingerprint density at radius 1 is 1.32 bits per heavy atom. The first-order valence-corrected chi connectivity index (χ1v) is 7.31. The molecule has 0 atom stereocenters. The largest absolute Gasteiger partial charge is 0.357 e. The molecule has 1 N–H and O–H groups in total. The van der Waals surface area contributed by atoms with E-state index in [1.807, 2.05) is 23.9 Å². The number of anilines is 1. The quantitative estimate of drug-likeness (QED) is 0.825. The first-order chi connectivity index (χ1) is 9.38. The zero-order valence-electron chi connectivity index (χ0n) is 10.5. The van der Waals surface area contributed by atoms with Gasteiger partial charge in [-0.1, -0.05) is 30.4 Å². The first-order valence-electron chi connectivity index (χ1n) is 6.32. The molecule has 19 heavy (non-hydrogen) atoms. The van der Waals surface area contributed by atoms with Crippen LogP contribution in [0.5, 0.6) is 0 Å². The Labute approximate surface area is 117 Å². The van der Waals surface area contributed by atoms with E-state index >= 15 is 0 Å². The molecular weight excluding hydrogens is 252 g/mol. The fraction of sp³-hybridized carbons (Fsp3) is 0.188. The molecule has 1 aromatic carbocycles. The Hall–Kier alpha value is -1.92. The van der Waals surface area contributed by atoms with Crippen molar-refractivity contribution < 1.29 is 0 Å². The molecule has 3 rings (SSSR count). The average molecular weight is 266 g/mol. The number of para-hydroxylation sites is 1. The third-order valence-electron chi connectivity index (χ3n) is 3.32. The van der Waals surface area contributed by atoms with Crippen molar-refractivity contribution in [2.24, 2.45) is 0 Å². The summed E-state index contributed by atoms with van der Waals surface area (Å²) < 4.78 is 0. The van der Waals surface area contributed by atoms with Crippen LogP contribution in [0.15, 0.2) is 64.2 Å². The summed E-state index contributed by atoms with van der Waals surface area (Å²) in [5.41, 5.74) is 4.85. The summed E-state index contributed by atoms with van der Waals surface area (Å²) in [7, 11) is 0. The number of rotatable bonds is 1. The van der Waals surface area contributed by atoms with Gasteiger partial charge in [-0.15, -0.1) is 11.8 Å². The van der Waals surface area contributed by atoms with Crippen LogP contribution in [0.3, 0.4) is 0 Å². The van der Waals surface area contributed by atoms with Crippen molar-refractivity contribution in [3.05, 3.63) is 59.3 Å². The lowest BCUT2D eigenvalue weighted by atomic mass is 9.94. The van der Waals surface area contributed by atoms with Crippen LogP contribution in [-0.4, -0.2) is 5.75 Å². The molecule has 1 heterocycles. The highest BCUT2D eigenvalue weighted by Crippen LogP contribution is 2.37. The van der Waals surface area contributed by atoms with Crippen LogP contribution < -0.4 is 5.32 Å². The van der Waals surface area contributed by atoms with E-state index in [1.165, 1.54) is 21.9 Å². The van der Waals surface area contributed by atoms with Gasteiger partial charge in [0.05, 0.1) is 18.2 Å². The highest BCUT2D eigenvalue weighted by molar-refractivity contribution is 7.99. The van der Waals surface area contributed by atoms with Crippen molar-refractivity contribution >= 4 is 17.4 Å². The van der Waals surface area contributed by atoms with Crippen LogP contribution in [0.1, 0.15) is 12.8 Å². The number of thioether (sulfide) groups is 1. The molecule has 94 valence electrons. The molecule has 1 aliphatic carbocycles. The fourth-order valence-corrected chi connectivity index (χ4v) is 3.37. The van der Waals surface area contributed by atoms with Crippen molar-refractivity contribution in [3.8, 4) is 6.07 Å². The van der Waals surface area contributed by atoms with Gasteiger partial charge in [0.1, 0.15) is 0 Å². The molecule has 2 aliphatic rings. The number of nitrogens with zero attached hydrogens (tertiary/aromatic N) is 1. The van der Waals surface area contributed by atoms with Gasteiger partial charge in [-0.05, 0) is 29.7 Å². The molecule has 0 unspecified atom stereocenters. The van der Waals surface area contributed by atoms with Gasteiger partial charge < -0.3 is 5.32 Å². The maximum Gasteiger partial charge on any atom is 0.0669 e. The molecule has 0 fully saturated rings. The van der Waals surface area contributed by atoms with Gasteiger partial charge in [-0.2, -0.15) is 5.26 Å². The van der Waals surface area contributed by atoms with Crippen LogP contribution in [-0.2, 0) is 0 Å². The Bertz CT molecular complexity index is 632. The van der Waals surface area contributed by atoms with Crippen molar-refractivity contribution in [3.63, 3.8) is 0 Å². The maximum atomic E-state index is 8.93. The Balaban J connectivity index is 1.95. The Morgan fingerprint density at radius 3 is 3.11 bits per heavy atom. The molecule has 0 aromatic heterocycles. The van der Waals surface area contributed by atoms with Crippen LogP contribution >= 0.6 is 11.8 Å². The molecule has 0 radical (unpaired) electrons. The Morgan fingerprint density at radius 2 is 2.21 bits per heavy atom. The van der Waals surface area contributed by atoms with E-state index in [0.717, 1.165) is 17.7 Å². The third kappa shape index (κ3) is 2.45. The van der Waals surface area contributed by atoms with E-state index in [1.54, 1.807) is 0 Å². The fourth-order valence-electron chi connectivity index (χ4n) is 2.38. The zero-order valence-corrected chi connectivity index (χ0v) is 11.3. The molecular formula is C16H14N2S. The van der Waals surface area contributed by atoms with Gasteiger partial charge in [-0.3, -0.25) is 0 Å². The number of nitrogens with one attached hydrogen (secondary N) is 1. The summed E-state index contributed by atoms with van der Waals surface area (Å²) in [5, 5.41) is 12.5. The van der Waals surface area contributed by atoms with Gasteiger partial charge in [0.2, 0.25) is 0 Å². The second-order valence-electron chi connectivity index (χ2n) is 4.53. The van der Waals surface area contributed by atoms with E-state index in [0.29, 0.717) is 6.42 Å². The minimum Gasteiger partial charge on any atom is -0.357 e. The van der Waals surface area contributed by atoms with E-state index < -0.39 is 0 Å². The lowest BCUT2D eigenvalue weighted by Crippen LogP contribution is -2.13. The molecule has 2 nitrogen and oxygen atoms in total. The van der Waals surface area contributed by atoms with E-state index in [9.17, 15) is 0 Å². The second kappa shape index (κ2) is 5.38. The van der Waals surface area contributed by atoms with Crippen molar-refractivity contribution in [1.82, 2.24) is 0 Å². The lowest BCUT2D eigenvalue weighted by molar-refractivity contribution is 1.07. The standard InChI is InChI=1S/C16H14N2S/c17-10-9-12-5-1-2-6-13(12)15-11-19-16-8-4-3-7-14(16)18-15/h1-5,7-8,18H,6,9,11H2. The van der Waals surface area contributed by atoms with E-state index in [4.69, 9.17) is 5.26 Å². The predicted octanol–water partition coefficient (Wildman–Crippen LogP) is 4.26. The molecule has 0 spiro atoms. The van der Waals surface area contributed by atoms with Crippen molar-refractivity contribution in [2.75, 3.05) is 11.1 Å². The summed E-state index contributed by atoms with van der Waals surface area (Å²) in [6, 6.07) is 10.6. The van der Waals surface area contributed by atoms with Gasteiger partial charge >= 0.3 is 0 Å². The molecule has 3 heteroatoms. The summed E-state index contributed by atoms with van der Waals surface area (Å²) in [6.07, 6.45) is 7.65. The predicted molar refractivity (Wildman–Crippen MR) is 79.9 cm³/mol. The average Bonchev–Trinajstić information content (AvgIpc) is 2.48. The van der Waals surface area contributed by atoms with Gasteiger partial charge in [0.25, 0.3) is 0 Å². The molecule has 1 aliphatic heterocycles. The minimum absolute atomic E-state index is 0.483. The Kier molecular flexibility index (Phi) is 3.43. The number of hydrogen-bond donors (Lipinski definition) is 1. The normalized spacial score (nSPS) is 21.1. The topological polar surface area (TPSA) is 35.8 Å². The number of benzene rings is 1. The number of fused-ring (bicyclic) bond motifs is 1. The minimum atomic E-state index is 0.483. The van der Waals surface area contributed by atoms with Crippen molar-refractivity contribution in [2.45, 2.75) is 17.7 Å². The number of allylic oxidation sites excluding steroid dienone is 5. The monoisotopic (exact) mass is 266 g/mol. The van der Waals surface area contributed by atoms with Crippen LogP contribution in [0.25, 0.3) is 0 Å². The number of hydrogen-bond acceptors (Lipinski definition) is 3. The summed E-state index contributed by atoms with van der Waals surface area (Å²) in [4.78, 5) is 1.30. The zero-order chi connectivity index (χ0) is 13.1. The molecule has 0 bridgehead atoms. The number of nitriles is 1. The van der Waals surface area contributed by atoms with Gasteiger partial charge in [0, 0.05) is 16.3 Å². The summed E-state index contributed by atoms with van der Waals surface area (Å²) in [5.74, 6) is 0.947. The smallest absolute Gasteiger partial charge is 0.0669 e. The summed E-state index contributed by atoms with van der Waals surface area (Å²) >= 11 is 1.86. The van der Waals surface area contributed by atoms with E-state index in [-0.39, 0.29) is 0 Å². The van der Waals surface area contributed by atoms with Gasteiger partial charge in [0.15, 0.2) is 0 Å². The van der Waals surface area contributed by atoms with Crippen molar-refractivity contribution in [1.29, 1.82) is 5.26 Å². The third-order valence-corrected chi connectivity index (χ3v) is 4.42. The van der Waals surface area contributed by atoms with Crippen LogP contribution in [0.4, 0.5) is 5.69 Å². The molecule has 0 saturated carbocycles. The highest BCUT2D eigenvalue weighted by atomic mass is 32.2. The second-order valence-corrected chi connectivity index (χ2v) is 5.54. The van der Waals surface area contributed by atoms with Gasteiger partial charge in [-0.25, -0.2) is 0 Å². The molecule has 0 saturated heterocycles. The lowest BCUT2D eigenvalue weighted by Gasteiger charge is -2.24. The van der Waals surface area contributed by atoms with Crippen LogP contribution in [0, 0.1) is 11.3 Å². The summed E-state index contributed by atoms with van der Waals surface area (Å²) in [6.45, 7) is 0. The maximum absolute atomic E-state index is 8.93. The molecule has 0 amide bonds. The SMILES string of the molecule is N#CCC1=CC=CCC1=C1CSc2ccccc2N1. The highest BCUT2D eigenvalue weighted by Gasteiger charge is 2.18. The van der Waals surface area contributed by atoms with E-state index in [2.05, 4.69) is 41.7 Å². The van der Waals surface area contributed by atoms with Crippen LogP contribution in [0.2, 0.25) is 0 Å².